The first-order valence-electron chi connectivity index (χ1n) is 8.87. The summed E-state index contributed by atoms with van der Waals surface area (Å²) in [5.74, 6) is 0.0709. The maximum Gasteiger partial charge on any atom is 0.229 e. The number of nitrogens with one attached hydrogen (secondary N) is 1. The Labute approximate surface area is 154 Å². The highest BCUT2D eigenvalue weighted by atomic mass is 16.5. The Morgan fingerprint density at radius 1 is 1.19 bits per heavy atom. The Morgan fingerprint density at radius 2 is 1.96 bits per heavy atom. The highest BCUT2D eigenvalue weighted by Gasteiger charge is 2.35. The minimum atomic E-state index is -0.380. The lowest BCUT2D eigenvalue weighted by atomic mass is 10.1. The standard InChI is InChI=1S/C21H24N2O3/c1-14(2)26-19-10-5-4-9-18(19)22-21(25)16-12-20(24)23(13-16)17-8-6-7-15(3)11-17/h4-11,14,16H,12-13H2,1-3H3,(H,22,25). The highest BCUT2D eigenvalue weighted by molar-refractivity contribution is 6.03. The van der Waals surface area contributed by atoms with Gasteiger partial charge >= 0.3 is 0 Å². The van der Waals surface area contributed by atoms with E-state index in [0.29, 0.717) is 18.0 Å². The Morgan fingerprint density at radius 3 is 2.69 bits per heavy atom. The summed E-state index contributed by atoms with van der Waals surface area (Å²) >= 11 is 0. The fourth-order valence-corrected chi connectivity index (χ4v) is 3.09. The lowest BCUT2D eigenvalue weighted by Gasteiger charge is -2.18. The topological polar surface area (TPSA) is 58.6 Å². The molecule has 1 unspecified atom stereocenters. The van der Waals surface area contributed by atoms with Crippen molar-refractivity contribution in [3.8, 4) is 5.75 Å². The number of rotatable bonds is 5. The molecule has 5 nitrogen and oxygen atoms in total. The van der Waals surface area contributed by atoms with Crippen molar-refractivity contribution in [3.63, 3.8) is 0 Å². The number of anilines is 2. The van der Waals surface area contributed by atoms with E-state index in [1.807, 2.05) is 69.3 Å². The van der Waals surface area contributed by atoms with Crippen molar-refractivity contribution < 1.29 is 14.3 Å². The summed E-state index contributed by atoms with van der Waals surface area (Å²) in [6.07, 6.45) is 0.227. The normalized spacial score (nSPS) is 16.8. The number of carbonyl (C=O) groups is 2. The second kappa shape index (κ2) is 7.60. The van der Waals surface area contributed by atoms with Gasteiger partial charge in [-0.1, -0.05) is 24.3 Å². The second-order valence-corrected chi connectivity index (χ2v) is 6.90. The van der Waals surface area contributed by atoms with E-state index < -0.39 is 0 Å². The van der Waals surface area contributed by atoms with Crippen molar-refractivity contribution in [2.45, 2.75) is 33.3 Å². The summed E-state index contributed by atoms with van der Waals surface area (Å²) < 4.78 is 5.74. The number of hydrogen-bond acceptors (Lipinski definition) is 3. The molecule has 1 aliphatic heterocycles. The summed E-state index contributed by atoms with van der Waals surface area (Å²) in [5.41, 5.74) is 2.56. The molecular weight excluding hydrogens is 328 g/mol. The van der Waals surface area contributed by atoms with Gasteiger partial charge in [0, 0.05) is 18.7 Å². The molecule has 1 fully saturated rings. The molecule has 1 heterocycles. The molecule has 1 N–H and O–H groups in total. The first-order chi connectivity index (χ1) is 12.4. The number of aryl methyl sites for hydroxylation is 1. The van der Waals surface area contributed by atoms with Crippen LogP contribution in [0.4, 0.5) is 11.4 Å². The molecule has 1 saturated heterocycles. The van der Waals surface area contributed by atoms with Crippen LogP contribution in [0.3, 0.4) is 0 Å². The molecule has 0 radical (unpaired) electrons. The molecular formula is C21H24N2O3. The van der Waals surface area contributed by atoms with Gasteiger partial charge in [0.25, 0.3) is 0 Å². The van der Waals surface area contributed by atoms with E-state index in [4.69, 9.17) is 4.74 Å². The number of ether oxygens (including phenoxy) is 1. The number of nitrogens with zero attached hydrogens (tertiary/aromatic N) is 1. The molecule has 0 aliphatic carbocycles. The van der Waals surface area contributed by atoms with Gasteiger partial charge < -0.3 is 15.0 Å². The third-order valence-electron chi connectivity index (χ3n) is 4.32. The Kier molecular flexibility index (Phi) is 5.26. The van der Waals surface area contributed by atoms with Crippen molar-refractivity contribution in [1.82, 2.24) is 0 Å². The van der Waals surface area contributed by atoms with Crippen LogP contribution >= 0.6 is 0 Å². The van der Waals surface area contributed by atoms with Crippen molar-refractivity contribution >= 4 is 23.2 Å². The van der Waals surface area contributed by atoms with Gasteiger partial charge in [-0.2, -0.15) is 0 Å². The van der Waals surface area contributed by atoms with Gasteiger partial charge in [-0.15, -0.1) is 0 Å². The average molecular weight is 352 g/mol. The minimum absolute atomic E-state index is 0.0120. The summed E-state index contributed by atoms with van der Waals surface area (Å²) in [6, 6.07) is 15.1. The van der Waals surface area contributed by atoms with Crippen LogP contribution in [0.15, 0.2) is 48.5 Å². The van der Waals surface area contributed by atoms with E-state index in [2.05, 4.69) is 5.32 Å². The van der Waals surface area contributed by atoms with Crippen LogP contribution in [0.1, 0.15) is 25.8 Å². The number of carbonyl (C=O) groups excluding carboxylic acids is 2. The molecule has 2 aromatic carbocycles. The molecule has 3 rings (SSSR count). The predicted molar refractivity (Wildman–Crippen MR) is 102 cm³/mol. The van der Waals surface area contributed by atoms with Gasteiger partial charge in [0.1, 0.15) is 5.75 Å². The molecule has 0 bridgehead atoms. The van der Waals surface area contributed by atoms with Crippen LogP contribution in [0, 0.1) is 12.8 Å². The van der Waals surface area contributed by atoms with Gasteiger partial charge in [0.15, 0.2) is 0 Å². The zero-order valence-electron chi connectivity index (χ0n) is 15.4. The monoisotopic (exact) mass is 352 g/mol. The fourth-order valence-electron chi connectivity index (χ4n) is 3.09. The van der Waals surface area contributed by atoms with Gasteiger partial charge in [0.2, 0.25) is 11.8 Å². The predicted octanol–water partition coefficient (Wildman–Crippen LogP) is 3.77. The van der Waals surface area contributed by atoms with Crippen LogP contribution in [0.25, 0.3) is 0 Å². The smallest absolute Gasteiger partial charge is 0.229 e. The first kappa shape index (κ1) is 18.0. The summed E-state index contributed by atoms with van der Waals surface area (Å²) in [6.45, 7) is 6.25. The van der Waals surface area contributed by atoms with Crippen molar-refractivity contribution in [3.05, 3.63) is 54.1 Å². The summed E-state index contributed by atoms with van der Waals surface area (Å²) in [7, 11) is 0. The van der Waals surface area contributed by atoms with Crippen molar-refractivity contribution in [2.24, 2.45) is 5.92 Å². The maximum absolute atomic E-state index is 12.7. The highest BCUT2D eigenvalue weighted by Crippen LogP contribution is 2.29. The molecule has 0 aromatic heterocycles. The number of para-hydroxylation sites is 2. The first-order valence-corrected chi connectivity index (χ1v) is 8.87. The van der Waals surface area contributed by atoms with Gasteiger partial charge in [-0.3, -0.25) is 9.59 Å². The van der Waals surface area contributed by atoms with Gasteiger partial charge in [-0.05, 0) is 50.6 Å². The largest absolute Gasteiger partial charge is 0.489 e. The Hall–Kier alpha value is -2.82. The van der Waals surface area contributed by atoms with Gasteiger partial charge in [-0.25, -0.2) is 0 Å². The lowest BCUT2D eigenvalue weighted by molar-refractivity contribution is -0.122. The Bertz CT molecular complexity index is 816. The number of benzene rings is 2. The molecule has 1 aliphatic rings. The molecule has 0 saturated carbocycles. The fraction of sp³-hybridized carbons (Fsp3) is 0.333. The Balaban J connectivity index is 1.71. The zero-order valence-corrected chi connectivity index (χ0v) is 15.4. The molecule has 5 heteroatoms. The molecule has 26 heavy (non-hydrogen) atoms. The van der Waals surface area contributed by atoms with E-state index in [1.165, 1.54) is 0 Å². The van der Waals surface area contributed by atoms with Crippen LogP contribution < -0.4 is 15.0 Å². The van der Waals surface area contributed by atoms with Crippen LogP contribution in [0.5, 0.6) is 5.75 Å². The lowest BCUT2D eigenvalue weighted by Crippen LogP contribution is -2.28. The third kappa shape index (κ3) is 4.04. The molecule has 0 spiro atoms. The maximum atomic E-state index is 12.7. The molecule has 2 aromatic rings. The quantitative estimate of drug-likeness (QED) is 0.891. The van der Waals surface area contributed by atoms with E-state index in [-0.39, 0.29) is 30.3 Å². The molecule has 2 amide bonds. The molecule has 1 atom stereocenters. The SMILES string of the molecule is Cc1cccc(N2CC(C(=O)Nc3ccccc3OC(C)C)CC2=O)c1. The zero-order chi connectivity index (χ0) is 18.7. The van der Waals surface area contributed by atoms with Crippen LogP contribution in [-0.2, 0) is 9.59 Å². The van der Waals surface area contributed by atoms with E-state index >= 15 is 0 Å². The van der Waals surface area contributed by atoms with E-state index in [1.54, 1.807) is 4.90 Å². The third-order valence-corrected chi connectivity index (χ3v) is 4.32. The van der Waals surface area contributed by atoms with Crippen LogP contribution in [-0.4, -0.2) is 24.5 Å². The summed E-state index contributed by atoms with van der Waals surface area (Å²) in [4.78, 5) is 26.8. The number of hydrogen-bond donors (Lipinski definition) is 1. The van der Waals surface area contributed by atoms with Crippen molar-refractivity contribution in [1.29, 1.82) is 0 Å². The number of amides is 2. The second-order valence-electron chi connectivity index (χ2n) is 6.90. The minimum Gasteiger partial charge on any atom is -0.489 e. The van der Waals surface area contributed by atoms with Crippen LogP contribution in [0.2, 0.25) is 0 Å². The average Bonchev–Trinajstić information content (AvgIpc) is 2.98. The molecule has 136 valence electrons. The van der Waals surface area contributed by atoms with E-state index in [0.717, 1.165) is 11.3 Å². The van der Waals surface area contributed by atoms with Crippen molar-refractivity contribution in [2.75, 3.05) is 16.8 Å². The summed E-state index contributed by atoms with van der Waals surface area (Å²) in [5, 5.41) is 2.92. The van der Waals surface area contributed by atoms with E-state index in [9.17, 15) is 9.59 Å². The van der Waals surface area contributed by atoms with Gasteiger partial charge in [0.05, 0.1) is 17.7 Å².